The molecule has 0 bridgehead atoms. The zero-order valence-electron chi connectivity index (χ0n) is 21.4. The Hall–Kier alpha value is -2.13. The predicted molar refractivity (Wildman–Crippen MR) is 137 cm³/mol. The number of thiol groups is 1. The third-order valence-corrected chi connectivity index (χ3v) is 5.55. The second-order valence-corrected chi connectivity index (χ2v) is 9.85. The molecule has 0 saturated carbocycles. The van der Waals surface area contributed by atoms with E-state index in [0.29, 0.717) is 11.1 Å². The maximum absolute atomic E-state index is 13.3. The van der Waals surface area contributed by atoms with Gasteiger partial charge in [-0.05, 0) is 49.4 Å². The van der Waals surface area contributed by atoms with Gasteiger partial charge in [0.1, 0.15) is 5.75 Å². The fourth-order valence-corrected chi connectivity index (χ4v) is 3.55. The SMILES string of the molecule is CC(C)C.Cc1ccc(C(=O)C[C@@](C)(NS)c2ccc(OCCCC(F)(F)F)cc2CC(F)F)cc1. The first-order valence-corrected chi connectivity index (χ1v) is 12.2. The summed E-state index contributed by atoms with van der Waals surface area (Å²) >= 11 is 4.15. The summed E-state index contributed by atoms with van der Waals surface area (Å²) < 4.78 is 71.5. The predicted octanol–water partition coefficient (Wildman–Crippen LogP) is 8.11. The molecule has 2 aromatic rings. The lowest BCUT2D eigenvalue weighted by atomic mass is 9.82. The molecule has 3 nitrogen and oxygen atoms in total. The lowest BCUT2D eigenvalue weighted by Crippen LogP contribution is -2.37. The highest BCUT2D eigenvalue weighted by molar-refractivity contribution is 7.78. The van der Waals surface area contributed by atoms with Gasteiger partial charge in [-0.3, -0.25) is 9.52 Å². The van der Waals surface area contributed by atoms with E-state index in [2.05, 4.69) is 38.3 Å². The zero-order valence-corrected chi connectivity index (χ0v) is 22.3. The van der Waals surface area contributed by atoms with Gasteiger partial charge in [0.15, 0.2) is 5.78 Å². The van der Waals surface area contributed by atoms with Crippen LogP contribution in [0.1, 0.15) is 74.0 Å². The molecular formula is C27H36F5NO2S. The summed E-state index contributed by atoms with van der Waals surface area (Å²) in [6.07, 6.45) is -8.81. The van der Waals surface area contributed by atoms with E-state index in [9.17, 15) is 26.7 Å². The maximum Gasteiger partial charge on any atom is 0.389 e. The van der Waals surface area contributed by atoms with Crippen molar-refractivity contribution in [2.24, 2.45) is 5.92 Å². The van der Waals surface area contributed by atoms with Crippen LogP contribution in [0, 0.1) is 12.8 Å². The molecule has 36 heavy (non-hydrogen) atoms. The molecule has 0 aliphatic carbocycles. The van der Waals surface area contributed by atoms with Gasteiger partial charge in [0.05, 0.1) is 12.1 Å². The Morgan fingerprint density at radius 2 is 1.64 bits per heavy atom. The van der Waals surface area contributed by atoms with Gasteiger partial charge in [-0.15, -0.1) is 0 Å². The minimum absolute atomic E-state index is 0.0401. The third-order valence-electron chi connectivity index (χ3n) is 5.05. The number of benzene rings is 2. The molecule has 0 aliphatic rings. The fourth-order valence-electron chi connectivity index (χ4n) is 3.35. The second kappa shape index (κ2) is 14.6. The highest BCUT2D eigenvalue weighted by atomic mass is 32.1. The van der Waals surface area contributed by atoms with E-state index in [4.69, 9.17) is 4.74 Å². The van der Waals surface area contributed by atoms with E-state index in [1.54, 1.807) is 25.1 Å². The minimum Gasteiger partial charge on any atom is -0.494 e. The van der Waals surface area contributed by atoms with Crippen LogP contribution >= 0.6 is 12.8 Å². The molecule has 0 unspecified atom stereocenters. The maximum atomic E-state index is 13.3. The van der Waals surface area contributed by atoms with Crippen LogP contribution in [0.4, 0.5) is 22.0 Å². The highest BCUT2D eigenvalue weighted by Crippen LogP contribution is 2.33. The number of carbonyl (C=O) groups is 1. The van der Waals surface area contributed by atoms with Gasteiger partial charge in [-0.2, -0.15) is 13.2 Å². The monoisotopic (exact) mass is 533 g/mol. The number of rotatable bonds is 11. The highest BCUT2D eigenvalue weighted by Gasteiger charge is 2.32. The van der Waals surface area contributed by atoms with Crippen LogP contribution in [-0.4, -0.2) is 25.0 Å². The number of hydrogen-bond acceptors (Lipinski definition) is 4. The molecule has 0 radical (unpaired) electrons. The van der Waals surface area contributed by atoms with Crippen LogP contribution in [0.2, 0.25) is 0 Å². The lowest BCUT2D eigenvalue weighted by Gasteiger charge is -2.31. The van der Waals surface area contributed by atoms with Gasteiger partial charge in [0.25, 0.3) is 0 Å². The van der Waals surface area contributed by atoms with Crippen LogP contribution in [-0.2, 0) is 12.0 Å². The van der Waals surface area contributed by atoms with Crippen molar-refractivity contribution in [1.29, 1.82) is 0 Å². The summed E-state index contributed by atoms with van der Waals surface area (Å²) in [4.78, 5) is 12.8. The number of ether oxygens (including phenoxy) is 1. The van der Waals surface area contributed by atoms with Crippen LogP contribution < -0.4 is 9.46 Å². The molecule has 2 aromatic carbocycles. The Balaban J connectivity index is 0.00000150. The number of halogens is 5. The van der Waals surface area contributed by atoms with Crippen LogP contribution in [0.25, 0.3) is 0 Å². The summed E-state index contributed by atoms with van der Waals surface area (Å²) in [6, 6.07) is 11.5. The van der Waals surface area contributed by atoms with Gasteiger partial charge in [-0.25, -0.2) is 8.78 Å². The van der Waals surface area contributed by atoms with E-state index in [1.165, 1.54) is 12.1 Å². The third kappa shape index (κ3) is 11.7. The quantitative estimate of drug-likeness (QED) is 0.133. The molecule has 1 atom stereocenters. The molecule has 0 spiro atoms. The smallest absolute Gasteiger partial charge is 0.389 e. The molecule has 0 heterocycles. The largest absolute Gasteiger partial charge is 0.494 e. The van der Waals surface area contributed by atoms with Crippen molar-refractivity contribution in [2.45, 2.75) is 78.4 Å². The summed E-state index contributed by atoms with van der Waals surface area (Å²) in [5.74, 6) is 0.836. The average molecular weight is 534 g/mol. The first-order chi connectivity index (χ1) is 16.7. The van der Waals surface area contributed by atoms with E-state index in [-0.39, 0.29) is 36.5 Å². The average Bonchev–Trinajstić information content (AvgIpc) is 2.75. The van der Waals surface area contributed by atoms with Crippen molar-refractivity contribution >= 4 is 18.6 Å². The molecular weight excluding hydrogens is 497 g/mol. The lowest BCUT2D eigenvalue weighted by molar-refractivity contribution is -0.136. The fraction of sp³-hybridized carbons (Fsp3) is 0.519. The standard InChI is InChI=1S/C23H26F5NO2S.C4H10/c1-15-4-6-16(7-5-15)20(30)14-22(2,29-32)19-9-8-18(12-17(19)13-21(24)25)31-11-3-10-23(26,27)28;1-4(2)3/h4-9,12,21,29,32H,3,10-11,13-14H2,1-2H3;4H,1-3H3/t22-;/m1./s1. The summed E-state index contributed by atoms with van der Waals surface area (Å²) in [7, 11) is 0. The van der Waals surface area contributed by atoms with E-state index >= 15 is 0 Å². The van der Waals surface area contributed by atoms with Crippen molar-refractivity contribution in [3.8, 4) is 5.75 Å². The summed E-state index contributed by atoms with van der Waals surface area (Å²) in [5, 5.41) is 0. The van der Waals surface area contributed by atoms with E-state index in [1.807, 2.05) is 19.1 Å². The molecule has 9 heteroatoms. The van der Waals surface area contributed by atoms with Gasteiger partial charge in [0, 0.05) is 24.8 Å². The zero-order chi connectivity index (χ0) is 27.5. The summed E-state index contributed by atoms with van der Waals surface area (Å²) in [6.45, 7) is 9.89. The van der Waals surface area contributed by atoms with Crippen LogP contribution in [0.5, 0.6) is 5.75 Å². The van der Waals surface area contributed by atoms with Crippen molar-refractivity contribution < 1.29 is 31.5 Å². The molecule has 2 rings (SSSR count). The number of carbonyl (C=O) groups excluding carboxylic acids is 1. The van der Waals surface area contributed by atoms with Crippen molar-refractivity contribution in [1.82, 2.24) is 4.72 Å². The Bertz CT molecular complexity index is 945. The first kappa shape index (κ1) is 31.9. The van der Waals surface area contributed by atoms with Gasteiger partial charge in [0.2, 0.25) is 6.43 Å². The Morgan fingerprint density at radius 1 is 1.06 bits per heavy atom. The Kier molecular flexibility index (Phi) is 12.9. The van der Waals surface area contributed by atoms with Crippen LogP contribution in [0.15, 0.2) is 42.5 Å². The molecule has 0 aromatic heterocycles. The Morgan fingerprint density at radius 3 is 2.14 bits per heavy atom. The van der Waals surface area contributed by atoms with Gasteiger partial charge < -0.3 is 4.74 Å². The van der Waals surface area contributed by atoms with E-state index < -0.39 is 31.0 Å². The van der Waals surface area contributed by atoms with Crippen molar-refractivity contribution in [3.05, 3.63) is 64.7 Å². The number of nitrogens with one attached hydrogen (secondary N) is 1. The number of hydrogen-bond donors (Lipinski definition) is 2. The molecule has 1 N–H and O–H groups in total. The van der Waals surface area contributed by atoms with Crippen LogP contribution in [0.3, 0.4) is 0 Å². The van der Waals surface area contributed by atoms with Gasteiger partial charge in [-0.1, -0.05) is 69.5 Å². The topological polar surface area (TPSA) is 38.3 Å². The molecule has 0 fully saturated rings. The van der Waals surface area contributed by atoms with E-state index in [0.717, 1.165) is 11.5 Å². The molecule has 0 aliphatic heterocycles. The second-order valence-electron chi connectivity index (χ2n) is 9.62. The first-order valence-electron chi connectivity index (χ1n) is 11.8. The number of Topliss-reactive ketones (excluding diaryl/α,β-unsaturated/α-hetero) is 1. The molecule has 0 amide bonds. The number of alkyl halides is 5. The van der Waals surface area contributed by atoms with Gasteiger partial charge >= 0.3 is 6.18 Å². The Labute approximate surface area is 216 Å². The van der Waals surface area contributed by atoms with Crippen molar-refractivity contribution in [2.75, 3.05) is 6.61 Å². The number of aryl methyl sites for hydroxylation is 1. The van der Waals surface area contributed by atoms with Crippen molar-refractivity contribution in [3.63, 3.8) is 0 Å². The normalized spacial score (nSPS) is 13.2. The minimum atomic E-state index is -4.28. The number of ketones is 1. The summed E-state index contributed by atoms with van der Waals surface area (Å²) in [5.41, 5.74) is 1.10. The molecule has 202 valence electrons. The molecule has 0 saturated heterocycles.